The van der Waals surface area contributed by atoms with E-state index in [2.05, 4.69) is 22.1 Å². The Kier molecular flexibility index (Phi) is 1.17. The van der Waals surface area contributed by atoms with Gasteiger partial charge in [0.2, 0.25) is 0 Å². The third-order valence-electron chi connectivity index (χ3n) is 1.58. The van der Waals surface area contributed by atoms with Crippen molar-refractivity contribution >= 4 is 0 Å². The normalized spacial score (nSPS) is 16.8. The molecule has 0 radical (unpaired) electrons. The molecule has 0 bridgehead atoms. The third-order valence-corrected chi connectivity index (χ3v) is 1.58. The molecule has 1 aliphatic rings. The fourth-order valence-electron chi connectivity index (χ4n) is 1.07. The highest BCUT2D eigenvalue weighted by atomic mass is 14.9. The van der Waals surface area contributed by atoms with Crippen molar-refractivity contribution in [3.63, 3.8) is 0 Å². The number of aromatic amines is 1. The standard InChI is InChI=1S/C8H8N2/c1-2-4-7(3-1)8-9-5-6-10-8/h1-7H,(H,9,10). The Labute approximate surface area is 59.3 Å². The molecule has 50 valence electrons. The largest absolute Gasteiger partial charge is 0.348 e. The molecule has 1 heterocycles. The van der Waals surface area contributed by atoms with Gasteiger partial charge in [-0.1, -0.05) is 24.3 Å². The van der Waals surface area contributed by atoms with Gasteiger partial charge in [0, 0.05) is 12.4 Å². The Balaban J connectivity index is 2.29. The fourth-order valence-corrected chi connectivity index (χ4v) is 1.07. The Morgan fingerprint density at radius 3 is 2.70 bits per heavy atom. The first-order valence-corrected chi connectivity index (χ1v) is 3.31. The highest BCUT2D eigenvalue weighted by Gasteiger charge is 2.07. The van der Waals surface area contributed by atoms with Crippen molar-refractivity contribution in [2.45, 2.75) is 5.92 Å². The second-order valence-electron chi connectivity index (χ2n) is 2.27. The summed E-state index contributed by atoms with van der Waals surface area (Å²) in [6.07, 6.45) is 11.9. The molecule has 0 fully saturated rings. The van der Waals surface area contributed by atoms with Crippen LogP contribution in [0.1, 0.15) is 11.7 Å². The first-order valence-electron chi connectivity index (χ1n) is 3.31. The van der Waals surface area contributed by atoms with Crippen molar-refractivity contribution in [2.75, 3.05) is 0 Å². The summed E-state index contributed by atoms with van der Waals surface area (Å²) in [5.74, 6) is 1.39. The molecule has 0 spiro atoms. The van der Waals surface area contributed by atoms with Crippen LogP contribution in [0, 0.1) is 0 Å². The lowest BCUT2D eigenvalue weighted by Gasteiger charge is -1.97. The quantitative estimate of drug-likeness (QED) is 0.618. The number of rotatable bonds is 1. The van der Waals surface area contributed by atoms with Gasteiger partial charge >= 0.3 is 0 Å². The lowest BCUT2D eigenvalue weighted by atomic mass is 10.2. The van der Waals surface area contributed by atoms with Crippen molar-refractivity contribution < 1.29 is 0 Å². The Hall–Kier alpha value is -1.31. The number of hydrogen-bond acceptors (Lipinski definition) is 1. The summed E-state index contributed by atoms with van der Waals surface area (Å²) < 4.78 is 0. The molecule has 0 atom stereocenters. The van der Waals surface area contributed by atoms with Crippen molar-refractivity contribution in [3.05, 3.63) is 42.5 Å². The number of aromatic nitrogens is 2. The molecule has 2 nitrogen and oxygen atoms in total. The monoisotopic (exact) mass is 132 g/mol. The second kappa shape index (κ2) is 2.14. The van der Waals surface area contributed by atoms with Crippen molar-refractivity contribution in [1.82, 2.24) is 9.97 Å². The predicted octanol–water partition coefficient (Wildman–Crippen LogP) is 1.62. The van der Waals surface area contributed by atoms with Crippen LogP contribution in [0.15, 0.2) is 36.7 Å². The van der Waals surface area contributed by atoms with Gasteiger partial charge in [0.05, 0.1) is 5.92 Å². The van der Waals surface area contributed by atoms with Crippen molar-refractivity contribution in [1.29, 1.82) is 0 Å². The number of nitrogens with zero attached hydrogens (tertiary/aromatic N) is 1. The van der Waals surface area contributed by atoms with E-state index >= 15 is 0 Å². The zero-order valence-electron chi connectivity index (χ0n) is 5.49. The SMILES string of the molecule is C1=CC(c2ncc[nH]2)C=C1. The van der Waals surface area contributed by atoms with Gasteiger partial charge in [-0.3, -0.25) is 0 Å². The number of hydrogen-bond donors (Lipinski definition) is 1. The molecule has 0 amide bonds. The van der Waals surface area contributed by atoms with E-state index in [0.29, 0.717) is 5.92 Å². The minimum atomic E-state index is 0.370. The van der Waals surface area contributed by atoms with Crippen LogP contribution in [-0.4, -0.2) is 9.97 Å². The summed E-state index contributed by atoms with van der Waals surface area (Å²) in [6.45, 7) is 0. The van der Waals surface area contributed by atoms with E-state index in [1.165, 1.54) is 0 Å². The number of H-pyrrole nitrogens is 1. The summed E-state index contributed by atoms with van der Waals surface area (Å²) >= 11 is 0. The second-order valence-corrected chi connectivity index (χ2v) is 2.27. The van der Waals surface area contributed by atoms with E-state index in [-0.39, 0.29) is 0 Å². The molecule has 1 aromatic heterocycles. The summed E-state index contributed by atoms with van der Waals surface area (Å²) in [5, 5.41) is 0. The van der Waals surface area contributed by atoms with Gasteiger partial charge in [0.1, 0.15) is 5.82 Å². The maximum Gasteiger partial charge on any atom is 0.116 e. The fraction of sp³-hybridized carbons (Fsp3) is 0.125. The van der Waals surface area contributed by atoms with Gasteiger partial charge in [-0.05, 0) is 0 Å². The summed E-state index contributed by atoms with van der Waals surface area (Å²) in [4.78, 5) is 7.21. The Morgan fingerprint density at radius 2 is 2.10 bits per heavy atom. The van der Waals surface area contributed by atoms with Crippen LogP contribution < -0.4 is 0 Å². The molecular weight excluding hydrogens is 124 g/mol. The molecule has 0 saturated heterocycles. The highest BCUT2D eigenvalue weighted by molar-refractivity contribution is 5.27. The summed E-state index contributed by atoms with van der Waals surface area (Å²) in [7, 11) is 0. The van der Waals surface area contributed by atoms with Gasteiger partial charge in [-0.15, -0.1) is 0 Å². The molecule has 1 aliphatic carbocycles. The van der Waals surface area contributed by atoms with Crippen LogP contribution in [0.4, 0.5) is 0 Å². The Morgan fingerprint density at radius 1 is 1.30 bits per heavy atom. The van der Waals surface area contributed by atoms with Gasteiger partial charge in [0.15, 0.2) is 0 Å². The van der Waals surface area contributed by atoms with Gasteiger partial charge in [-0.25, -0.2) is 4.98 Å². The first kappa shape index (κ1) is 5.47. The molecule has 0 aromatic carbocycles. The average Bonchev–Trinajstić information content (AvgIpc) is 2.59. The third kappa shape index (κ3) is 0.778. The average molecular weight is 132 g/mol. The zero-order valence-corrected chi connectivity index (χ0v) is 5.49. The molecule has 2 rings (SSSR count). The van der Waals surface area contributed by atoms with E-state index in [4.69, 9.17) is 0 Å². The molecule has 1 N–H and O–H groups in total. The Bertz CT molecular complexity index is 245. The molecule has 1 aromatic rings. The lowest BCUT2D eigenvalue weighted by molar-refractivity contribution is 0.961. The smallest absolute Gasteiger partial charge is 0.116 e. The van der Waals surface area contributed by atoms with Gasteiger partial charge < -0.3 is 4.98 Å². The topological polar surface area (TPSA) is 28.7 Å². The van der Waals surface area contributed by atoms with Crippen molar-refractivity contribution in [3.8, 4) is 0 Å². The van der Waals surface area contributed by atoms with E-state index in [1.54, 1.807) is 6.20 Å². The predicted molar refractivity (Wildman–Crippen MR) is 39.6 cm³/mol. The van der Waals surface area contributed by atoms with E-state index < -0.39 is 0 Å². The van der Waals surface area contributed by atoms with E-state index in [0.717, 1.165) is 5.82 Å². The summed E-state index contributed by atoms with van der Waals surface area (Å²) in [5.41, 5.74) is 0. The maximum atomic E-state index is 4.14. The van der Waals surface area contributed by atoms with Crippen LogP contribution in [0.25, 0.3) is 0 Å². The highest BCUT2D eigenvalue weighted by Crippen LogP contribution is 2.18. The van der Waals surface area contributed by atoms with Crippen molar-refractivity contribution in [2.24, 2.45) is 0 Å². The summed E-state index contributed by atoms with van der Waals surface area (Å²) in [6, 6.07) is 0. The number of imidazole rings is 1. The van der Waals surface area contributed by atoms with Gasteiger partial charge in [0.25, 0.3) is 0 Å². The van der Waals surface area contributed by atoms with E-state index in [1.807, 2.05) is 18.3 Å². The van der Waals surface area contributed by atoms with E-state index in [9.17, 15) is 0 Å². The molecule has 2 heteroatoms. The molecule has 0 saturated carbocycles. The van der Waals surface area contributed by atoms with Gasteiger partial charge in [-0.2, -0.15) is 0 Å². The first-order chi connectivity index (χ1) is 4.97. The number of allylic oxidation sites excluding steroid dienone is 4. The number of nitrogens with one attached hydrogen (secondary N) is 1. The molecular formula is C8H8N2. The van der Waals surface area contributed by atoms with Crippen LogP contribution in [-0.2, 0) is 0 Å². The zero-order chi connectivity index (χ0) is 6.81. The van der Waals surface area contributed by atoms with Crippen LogP contribution in [0.5, 0.6) is 0 Å². The van der Waals surface area contributed by atoms with Crippen LogP contribution in [0.3, 0.4) is 0 Å². The maximum absolute atomic E-state index is 4.14. The van der Waals surface area contributed by atoms with Crippen LogP contribution >= 0.6 is 0 Å². The van der Waals surface area contributed by atoms with Crippen LogP contribution in [0.2, 0.25) is 0 Å². The minimum Gasteiger partial charge on any atom is -0.348 e. The molecule has 0 unspecified atom stereocenters. The minimum absolute atomic E-state index is 0.370. The molecule has 10 heavy (non-hydrogen) atoms. The molecule has 0 aliphatic heterocycles. The lowest BCUT2D eigenvalue weighted by Crippen LogP contribution is -1.90.